The maximum absolute atomic E-state index is 6.19. The van der Waals surface area contributed by atoms with E-state index in [0.717, 1.165) is 51.4 Å². The van der Waals surface area contributed by atoms with E-state index in [9.17, 15) is 0 Å². The highest BCUT2D eigenvalue weighted by Gasteiger charge is 2.40. The molecule has 0 bridgehead atoms. The highest BCUT2D eigenvalue weighted by atomic mass is 16.5. The first-order valence-electron chi connectivity index (χ1n) is 16.1. The van der Waals surface area contributed by atoms with Crippen LogP contribution in [0, 0.1) is 0 Å². The van der Waals surface area contributed by atoms with E-state index in [0.29, 0.717) is 0 Å². The number of nitrogens with one attached hydrogen (secondary N) is 2. The second-order valence-electron chi connectivity index (χ2n) is 14.8. The molecule has 0 radical (unpaired) electrons. The third-order valence-electron chi connectivity index (χ3n) is 7.71. The molecule has 2 aromatic rings. The number of piperidine rings is 2. The molecular weight excluding hydrogens is 588 g/mol. The maximum atomic E-state index is 6.19. The highest BCUT2D eigenvalue weighted by Crippen LogP contribution is 2.32. The van der Waals surface area contributed by atoms with Crippen LogP contribution in [0.15, 0.2) is 9.98 Å². The Hall–Kier alpha value is -3.52. The standard InChI is InChI=1S/C32H52N10O4/c1-29(2)17-21(18-30(3,4)41-29)45-27-37-23(35-25(39-27)43-9)33-15-13-11-12-14-16-34-24-36-26(44-10)40-28(38-24)46-22-19-31(5,6)42-32(7,8)20-22/h15-16,21-22,41-42H,11-14,17-20H2,1-10H3. The van der Waals surface area contributed by atoms with Crippen molar-refractivity contribution in [3.63, 3.8) is 0 Å². The zero-order valence-corrected chi connectivity index (χ0v) is 29.2. The van der Waals surface area contributed by atoms with Crippen LogP contribution in [0.1, 0.15) is 107 Å². The molecule has 0 saturated carbocycles. The summed E-state index contributed by atoms with van der Waals surface area (Å²) in [4.78, 5) is 34.8. The summed E-state index contributed by atoms with van der Waals surface area (Å²) in [5, 5.41) is 7.31. The molecule has 2 N–H and O–H groups in total. The molecule has 14 heteroatoms. The van der Waals surface area contributed by atoms with Crippen LogP contribution in [0.25, 0.3) is 0 Å². The first kappa shape index (κ1) is 35.3. The highest BCUT2D eigenvalue weighted by molar-refractivity contribution is 5.62. The van der Waals surface area contributed by atoms with Gasteiger partial charge in [-0.15, -0.1) is 9.97 Å². The Bertz CT molecular complexity index is 1240. The lowest BCUT2D eigenvalue weighted by Crippen LogP contribution is -2.60. The molecule has 4 heterocycles. The average molecular weight is 641 g/mol. The molecule has 254 valence electrons. The lowest BCUT2D eigenvalue weighted by atomic mass is 9.81. The van der Waals surface area contributed by atoms with E-state index in [4.69, 9.17) is 18.9 Å². The van der Waals surface area contributed by atoms with Crippen LogP contribution in [-0.2, 0) is 0 Å². The van der Waals surface area contributed by atoms with E-state index in [2.05, 4.69) is 106 Å². The third kappa shape index (κ3) is 11.1. The fourth-order valence-corrected chi connectivity index (χ4v) is 6.75. The molecule has 0 aliphatic carbocycles. The van der Waals surface area contributed by atoms with Crippen molar-refractivity contribution in [2.75, 3.05) is 14.2 Å². The SMILES string of the molecule is COc1nc(N=CCCCCC=Nc2nc(OC)nc(OC3CC(C)(C)NC(C)(C)C3)n2)nc(OC2CC(C)(C)NC(C)(C)C2)n1. The summed E-state index contributed by atoms with van der Waals surface area (Å²) in [7, 11) is 3.03. The van der Waals surface area contributed by atoms with Crippen molar-refractivity contribution < 1.29 is 18.9 Å². The topological polar surface area (TPSA) is 163 Å². The number of hydrogen-bond acceptors (Lipinski definition) is 14. The van der Waals surface area contributed by atoms with Crippen LogP contribution in [0.4, 0.5) is 11.9 Å². The number of ether oxygens (including phenoxy) is 4. The third-order valence-corrected chi connectivity index (χ3v) is 7.71. The first-order chi connectivity index (χ1) is 21.5. The van der Waals surface area contributed by atoms with Crippen LogP contribution in [0.2, 0.25) is 0 Å². The van der Waals surface area contributed by atoms with E-state index < -0.39 is 0 Å². The summed E-state index contributed by atoms with van der Waals surface area (Å²) in [6.45, 7) is 17.4. The Balaban J connectivity index is 1.26. The first-order valence-corrected chi connectivity index (χ1v) is 16.1. The molecule has 46 heavy (non-hydrogen) atoms. The zero-order chi connectivity index (χ0) is 33.6. The number of hydrogen-bond donors (Lipinski definition) is 2. The molecule has 4 rings (SSSR count). The molecule has 2 aliphatic rings. The maximum Gasteiger partial charge on any atom is 0.324 e. The van der Waals surface area contributed by atoms with Gasteiger partial charge in [-0.05, 0) is 81.1 Å². The van der Waals surface area contributed by atoms with Crippen LogP contribution in [0.5, 0.6) is 24.0 Å². The molecule has 0 atom stereocenters. The molecule has 14 nitrogen and oxygen atoms in total. The van der Waals surface area contributed by atoms with Gasteiger partial charge >= 0.3 is 24.0 Å². The molecule has 2 saturated heterocycles. The summed E-state index contributed by atoms with van der Waals surface area (Å²) in [5.41, 5.74) is -0.251. The predicted octanol–water partition coefficient (Wildman–Crippen LogP) is 5.12. The van der Waals surface area contributed by atoms with Crippen molar-refractivity contribution >= 4 is 24.3 Å². The minimum atomic E-state index is -0.0628. The van der Waals surface area contributed by atoms with Gasteiger partial charge in [0.15, 0.2) is 0 Å². The predicted molar refractivity (Wildman–Crippen MR) is 177 cm³/mol. The van der Waals surface area contributed by atoms with Crippen LogP contribution < -0.4 is 29.6 Å². The Morgan fingerprint density at radius 2 is 0.891 bits per heavy atom. The number of aromatic nitrogens is 6. The Morgan fingerprint density at radius 1 is 0.565 bits per heavy atom. The van der Waals surface area contributed by atoms with E-state index >= 15 is 0 Å². The molecule has 0 unspecified atom stereocenters. The monoisotopic (exact) mass is 640 g/mol. The van der Waals surface area contributed by atoms with E-state index in [1.165, 1.54) is 14.2 Å². The zero-order valence-electron chi connectivity index (χ0n) is 29.2. The van der Waals surface area contributed by atoms with Gasteiger partial charge in [0, 0.05) is 60.3 Å². The Kier molecular flexibility index (Phi) is 11.1. The van der Waals surface area contributed by atoms with Crippen molar-refractivity contribution in [3.05, 3.63) is 0 Å². The van der Waals surface area contributed by atoms with E-state index in [1.807, 2.05) is 0 Å². The Labute approximate surface area is 273 Å². The van der Waals surface area contributed by atoms with Gasteiger partial charge in [0.05, 0.1) is 14.2 Å². The number of aliphatic imine (C=N–C) groups is 2. The van der Waals surface area contributed by atoms with Crippen molar-refractivity contribution in [2.24, 2.45) is 9.98 Å². The number of nitrogens with zero attached hydrogens (tertiary/aromatic N) is 8. The van der Waals surface area contributed by atoms with Crippen LogP contribution >= 0.6 is 0 Å². The van der Waals surface area contributed by atoms with Crippen molar-refractivity contribution in [1.82, 2.24) is 40.5 Å². The second kappa shape index (κ2) is 14.5. The molecule has 0 aromatic carbocycles. The van der Waals surface area contributed by atoms with Gasteiger partial charge in [0.1, 0.15) is 12.2 Å². The van der Waals surface area contributed by atoms with Gasteiger partial charge in [-0.25, -0.2) is 9.98 Å². The largest absolute Gasteiger partial charge is 0.467 e. The summed E-state index contributed by atoms with van der Waals surface area (Å²) < 4.78 is 22.9. The van der Waals surface area contributed by atoms with Gasteiger partial charge in [-0.2, -0.15) is 19.9 Å². The summed E-state index contributed by atoms with van der Waals surface area (Å²) in [6.07, 6.45) is 10.1. The van der Waals surface area contributed by atoms with Crippen molar-refractivity contribution in [2.45, 2.75) is 141 Å². The summed E-state index contributed by atoms with van der Waals surface area (Å²) in [5.74, 6) is 0.517. The number of rotatable bonds is 13. The molecule has 2 aliphatic heterocycles. The molecule has 2 fully saturated rings. The van der Waals surface area contributed by atoms with Crippen molar-refractivity contribution in [1.29, 1.82) is 0 Å². The van der Waals surface area contributed by atoms with Gasteiger partial charge in [-0.1, -0.05) is 0 Å². The van der Waals surface area contributed by atoms with Gasteiger partial charge in [0.2, 0.25) is 0 Å². The van der Waals surface area contributed by atoms with Gasteiger partial charge in [0.25, 0.3) is 11.9 Å². The Morgan fingerprint density at radius 3 is 1.22 bits per heavy atom. The molecular formula is C32H52N10O4. The van der Waals surface area contributed by atoms with Gasteiger partial charge < -0.3 is 29.6 Å². The second-order valence-corrected chi connectivity index (χ2v) is 14.8. The van der Waals surface area contributed by atoms with Gasteiger partial charge in [-0.3, -0.25) is 0 Å². The quantitative estimate of drug-likeness (QED) is 0.220. The smallest absolute Gasteiger partial charge is 0.324 e. The number of unbranched alkanes of at least 4 members (excludes halogenated alkanes) is 3. The molecule has 0 amide bonds. The summed E-state index contributed by atoms with van der Waals surface area (Å²) in [6, 6.07) is 0.793. The van der Waals surface area contributed by atoms with E-state index in [-0.39, 0.29) is 70.3 Å². The molecule has 0 spiro atoms. The summed E-state index contributed by atoms with van der Waals surface area (Å²) >= 11 is 0. The fourth-order valence-electron chi connectivity index (χ4n) is 6.75. The minimum absolute atomic E-state index is 0.0381. The average Bonchev–Trinajstić information content (AvgIpc) is 2.90. The van der Waals surface area contributed by atoms with E-state index in [1.54, 1.807) is 12.4 Å². The van der Waals surface area contributed by atoms with Crippen LogP contribution in [0.3, 0.4) is 0 Å². The minimum Gasteiger partial charge on any atom is -0.467 e. The normalized spacial score (nSPS) is 21.0. The lowest BCUT2D eigenvalue weighted by Gasteiger charge is -2.45. The number of methoxy groups -OCH3 is 2. The van der Waals surface area contributed by atoms with Crippen molar-refractivity contribution in [3.8, 4) is 24.0 Å². The molecule has 2 aromatic heterocycles. The lowest BCUT2D eigenvalue weighted by molar-refractivity contribution is 0.0486. The van der Waals surface area contributed by atoms with Crippen LogP contribution in [-0.4, -0.2) is 90.9 Å². The fraction of sp³-hybridized carbons (Fsp3) is 0.750.